The van der Waals surface area contributed by atoms with Gasteiger partial charge in [0.15, 0.2) is 11.6 Å². The minimum Gasteiger partial charge on any atom is -0.495 e. The fraction of sp³-hybridized carbons (Fsp3) is 0.364. The lowest BCUT2D eigenvalue weighted by molar-refractivity contribution is -0.139. The van der Waals surface area contributed by atoms with E-state index in [2.05, 4.69) is 31.5 Å². The molecular weight excluding hydrogens is 680 g/mol. The van der Waals surface area contributed by atoms with Gasteiger partial charge in [0.05, 0.1) is 38.0 Å². The maximum atomic E-state index is 14.4. The molecule has 2 fully saturated rings. The van der Waals surface area contributed by atoms with E-state index in [9.17, 15) is 23.2 Å². The number of para-hydroxylation sites is 1. The van der Waals surface area contributed by atoms with Crippen LogP contribution in [-0.4, -0.2) is 103 Å². The van der Waals surface area contributed by atoms with E-state index in [1.165, 1.54) is 13.2 Å². The maximum absolute atomic E-state index is 14.4. The quantitative estimate of drug-likeness (QED) is 0.262. The Morgan fingerprint density at radius 1 is 0.936 bits per heavy atom. The number of hydrogen-bond donors (Lipinski definition) is 3. The van der Waals surface area contributed by atoms with Crippen molar-refractivity contribution in [2.24, 2.45) is 0 Å². The SMILES string of the molecule is COc1cc(CC(=O)N2C[C@@H](Oc3ccc(F)cc3F)CC2CN2CCN(CC(=O)O)CC2)ccc1NC(=O)Nc1ccccc1Br. The van der Waals surface area contributed by atoms with Gasteiger partial charge in [-0.25, -0.2) is 13.6 Å². The summed E-state index contributed by atoms with van der Waals surface area (Å²) in [4.78, 5) is 43.3. The third-order valence-corrected chi connectivity index (χ3v) is 8.86. The second-order valence-corrected chi connectivity index (χ2v) is 12.3. The summed E-state index contributed by atoms with van der Waals surface area (Å²) in [6, 6.07) is 14.7. The summed E-state index contributed by atoms with van der Waals surface area (Å²) in [7, 11) is 1.47. The van der Waals surface area contributed by atoms with Gasteiger partial charge in [-0.3, -0.25) is 19.4 Å². The molecule has 2 atom stereocenters. The van der Waals surface area contributed by atoms with Crippen LogP contribution < -0.4 is 20.1 Å². The number of carboxylic acid groups (broad SMARTS) is 1. The Morgan fingerprint density at radius 3 is 2.36 bits per heavy atom. The predicted octanol–water partition coefficient (Wildman–Crippen LogP) is 4.67. The second-order valence-electron chi connectivity index (χ2n) is 11.5. The number of aliphatic carboxylic acids is 1. The third kappa shape index (κ3) is 9.18. The van der Waals surface area contributed by atoms with Gasteiger partial charge in [-0.15, -0.1) is 0 Å². The zero-order valence-corrected chi connectivity index (χ0v) is 27.3. The number of benzene rings is 3. The van der Waals surface area contributed by atoms with Crippen LogP contribution in [0, 0.1) is 11.6 Å². The van der Waals surface area contributed by atoms with E-state index in [-0.39, 0.29) is 37.2 Å². The number of anilines is 2. The van der Waals surface area contributed by atoms with Gasteiger partial charge in [-0.2, -0.15) is 0 Å². The van der Waals surface area contributed by atoms with Crippen molar-refractivity contribution in [1.29, 1.82) is 0 Å². The van der Waals surface area contributed by atoms with Crippen molar-refractivity contribution < 1.29 is 37.7 Å². The molecule has 0 radical (unpaired) electrons. The van der Waals surface area contributed by atoms with Gasteiger partial charge in [0.2, 0.25) is 5.91 Å². The molecule has 3 amide bonds. The minimum absolute atomic E-state index is 0.0196. The Kier molecular flexibility index (Phi) is 11.3. The highest BCUT2D eigenvalue weighted by Crippen LogP contribution is 2.30. The third-order valence-electron chi connectivity index (χ3n) is 8.17. The van der Waals surface area contributed by atoms with E-state index in [1.54, 1.807) is 35.2 Å². The van der Waals surface area contributed by atoms with Crippen molar-refractivity contribution in [2.75, 3.05) is 63.6 Å². The lowest BCUT2D eigenvalue weighted by Gasteiger charge is -2.36. The molecule has 0 spiro atoms. The summed E-state index contributed by atoms with van der Waals surface area (Å²) < 4.78 is 40.0. The van der Waals surface area contributed by atoms with Crippen LogP contribution >= 0.6 is 15.9 Å². The van der Waals surface area contributed by atoms with Crippen LogP contribution in [0.3, 0.4) is 0 Å². The van der Waals surface area contributed by atoms with Crippen molar-refractivity contribution >= 4 is 45.2 Å². The molecule has 1 unspecified atom stereocenters. The molecule has 3 aromatic carbocycles. The number of piperazine rings is 1. The van der Waals surface area contributed by atoms with Crippen LogP contribution in [0.2, 0.25) is 0 Å². The topological polar surface area (TPSA) is 124 Å². The molecule has 2 heterocycles. The van der Waals surface area contributed by atoms with Crippen LogP contribution in [-0.2, 0) is 16.0 Å². The molecule has 2 aliphatic rings. The molecule has 47 heavy (non-hydrogen) atoms. The van der Waals surface area contributed by atoms with Crippen molar-refractivity contribution in [3.05, 3.63) is 82.3 Å². The standard InChI is InChI=1S/C33H36BrF2N5O6/c1-46-30-14-21(6-8-28(30)38-33(45)37-27-5-3-2-4-25(27)34)15-31(42)41-19-24(47-29-9-7-22(35)16-26(29)36)17-23(41)18-39-10-12-40(13-11-39)20-32(43)44/h2-9,14,16,23-24H,10-13,15,17-20H2,1H3,(H,43,44)(H2,37,38,45)/t23?,24-/m0/s1. The normalized spacial score (nSPS) is 18.5. The van der Waals surface area contributed by atoms with Gasteiger partial charge in [0.25, 0.3) is 0 Å². The lowest BCUT2D eigenvalue weighted by atomic mass is 10.1. The predicted molar refractivity (Wildman–Crippen MR) is 175 cm³/mol. The van der Waals surface area contributed by atoms with E-state index >= 15 is 0 Å². The first kappa shape index (κ1) is 34.1. The van der Waals surface area contributed by atoms with Gasteiger partial charge >= 0.3 is 12.0 Å². The molecule has 11 nitrogen and oxygen atoms in total. The molecule has 0 saturated carbocycles. The fourth-order valence-electron chi connectivity index (χ4n) is 5.87. The largest absolute Gasteiger partial charge is 0.495 e. The highest BCUT2D eigenvalue weighted by Gasteiger charge is 2.38. The van der Waals surface area contributed by atoms with E-state index in [0.29, 0.717) is 61.8 Å². The van der Waals surface area contributed by atoms with E-state index in [1.807, 2.05) is 17.0 Å². The first-order valence-electron chi connectivity index (χ1n) is 15.1. The molecule has 2 saturated heterocycles. The Bertz CT molecular complexity index is 1610. The molecule has 0 aliphatic carbocycles. The molecule has 14 heteroatoms. The van der Waals surface area contributed by atoms with Gasteiger partial charge in [0, 0.05) is 55.7 Å². The van der Waals surface area contributed by atoms with E-state index < -0.39 is 29.7 Å². The molecule has 3 aromatic rings. The molecular formula is C33H36BrF2N5O6. The first-order chi connectivity index (χ1) is 22.6. The van der Waals surface area contributed by atoms with Crippen LogP contribution in [0.5, 0.6) is 11.5 Å². The molecule has 2 aliphatic heterocycles. The summed E-state index contributed by atoms with van der Waals surface area (Å²) in [5.74, 6) is -2.26. The number of carboxylic acids is 1. The monoisotopic (exact) mass is 715 g/mol. The number of carbonyl (C=O) groups is 3. The number of hydrogen-bond acceptors (Lipinski definition) is 7. The fourth-order valence-corrected chi connectivity index (χ4v) is 6.25. The zero-order chi connectivity index (χ0) is 33.5. The first-order valence-corrected chi connectivity index (χ1v) is 15.9. The Morgan fingerprint density at radius 2 is 1.66 bits per heavy atom. The summed E-state index contributed by atoms with van der Waals surface area (Å²) in [5, 5.41) is 14.7. The number of rotatable bonds is 11. The number of methoxy groups -OCH3 is 1. The van der Waals surface area contributed by atoms with Gasteiger partial charge < -0.3 is 30.1 Å². The molecule has 0 aromatic heterocycles. The number of nitrogens with one attached hydrogen (secondary N) is 2. The summed E-state index contributed by atoms with van der Waals surface area (Å²) in [5.41, 5.74) is 1.68. The summed E-state index contributed by atoms with van der Waals surface area (Å²) in [6.07, 6.45) is -0.0293. The Labute approximate surface area is 279 Å². The number of ether oxygens (including phenoxy) is 2. The van der Waals surface area contributed by atoms with E-state index in [0.717, 1.165) is 16.6 Å². The van der Waals surface area contributed by atoms with Crippen LogP contribution in [0.4, 0.5) is 25.0 Å². The number of amides is 3. The highest BCUT2D eigenvalue weighted by molar-refractivity contribution is 9.10. The molecule has 250 valence electrons. The Hall–Kier alpha value is -4.27. The number of halogens is 3. The summed E-state index contributed by atoms with van der Waals surface area (Å²) in [6.45, 7) is 3.20. The average molecular weight is 717 g/mol. The Balaban J connectivity index is 1.26. The average Bonchev–Trinajstić information content (AvgIpc) is 3.43. The van der Waals surface area contributed by atoms with Crippen LogP contribution in [0.25, 0.3) is 0 Å². The number of urea groups is 1. The minimum atomic E-state index is -0.872. The van der Waals surface area contributed by atoms with Crippen LogP contribution in [0.15, 0.2) is 65.1 Å². The van der Waals surface area contributed by atoms with Gasteiger partial charge in [0.1, 0.15) is 17.7 Å². The van der Waals surface area contributed by atoms with Crippen molar-refractivity contribution in [1.82, 2.24) is 14.7 Å². The maximum Gasteiger partial charge on any atom is 0.323 e. The van der Waals surface area contributed by atoms with Crippen molar-refractivity contribution in [2.45, 2.75) is 25.0 Å². The van der Waals surface area contributed by atoms with Gasteiger partial charge in [-0.1, -0.05) is 18.2 Å². The molecule has 5 rings (SSSR count). The summed E-state index contributed by atoms with van der Waals surface area (Å²) >= 11 is 3.40. The molecule has 0 bridgehead atoms. The lowest BCUT2D eigenvalue weighted by Crippen LogP contribution is -2.52. The smallest absolute Gasteiger partial charge is 0.323 e. The number of carbonyl (C=O) groups excluding carboxylic acids is 2. The zero-order valence-electron chi connectivity index (χ0n) is 25.8. The number of likely N-dealkylation sites (tertiary alicyclic amines) is 1. The second kappa shape index (κ2) is 15.5. The van der Waals surface area contributed by atoms with Crippen molar-refractivity contribution in [3.8, 4) is 11.5 Å². The van der Waals surface area contributed by atoms with Gasteiger partial charge in [-0.05, 0) is 57.9 Å². The number of nitrogens with zero attached hydrogens (tertiary/aromatic N) is 3. The van der Waals surface area contributed by atoms with Crippen LogP contribution in [0.1, 0.15) is 12.0 Å². The van der Waals surface area contributed by atoms with E-state index in [4.69, 9.17) is 14.6 Å². The van der Waals surface area contributed by atoms with Crippen molar-refractivity contribution in [3.63, 3.8) is 0 Å². The highest BCUT2D eigenvalue weighted by atomic mass is 79.9. The molecule has 3 N–H and O–H groups in total.